The van der Waals surface area contributed by atoms with E-state index >= 15 is 0 Å². The van der Waals surface area contributed by atoms with Crippen molar-refractivity contribution in [2.45, 2.75) is 39.9 Å². The molecule has 11 aromatic rings. The third-order valence-electron chi connectivity index (χ3n) is 12.2. The fourth-order valence-corrected chi connectivity index (χ4v) is 10.6. The average Bonchev–Trinajstić information content (AvgIpc) is 3.93. The van der Waals surface area contributed by atoms with Gasteiger partial charge in [0.25, 0.3) is 0 Å². The molecule has 0 saturated heterocycles. The number of nitrogens with zero attached hydrogens (tertiary/aromatic N) is 3. The van der Waals surface area contributed by atoms with E-state index in [0.29, 0.717) is 5.92 Å². The van der Waals surface area contributed by atoms with E-state index in [2.05, 4.69) is 208 Å². The summed E-state index contributed by atoms with van der Waals surface area (Å²) in [6.07, 6.45) is 3.23. The number of aromatic nitrogens is 3. The SMILES string of the molecule is CC(C)Cc1cc(-c2[c-]ccc(-c3ccccc3)c2)ncc1[Si](C)(C)C.[Ir].[c-]1ccc2c(oc3ccccc32)c1-c1nc2ccccc2n1-c1ccc(-c2ccccc2)cc1-c1ccccc1. The number of imidazole rings is 1. The number of benzene rings is 8. The van der Waals surface area contributed by atoms with Crippen molar-refractivity contribution in [2.24, 2.45) is 5.92 Å². The summed E-state index contributed by atoms with van der Waals surface area (Å²) >= 11 is 0. The van der Waals surface area contributed by atoms with Crippen LogP contribution in [-0.2, 0) is 26.5 Å². The van der Waals surface area contributed by atoms with Gasteiger partial charge in [0, 0.05) is 42.9 Å². The Bertz CT molecular complexity index is 3460. The normalized spacial score (nSPS) is 11.4. The van der Waals surface area contributed by atoms with Gasteiger partial charge in [-0.2, -0.15) is 0 Å². The number of furan rings is 1. The maximum absolute atomic E-state index is 6.43. The molecule has 0 saturated carbocycles. The zero-order chi connectivity index (χ0) is 45.2. The molecule has 0 aliphatic rings. The molecule has 3 aromatic heterocycles. The van der Waals surface area contributed by atoms with Gasteiger partial charge in [-0.05, 0) is 75.8 Å². The summed E-state index contributed by atoms with van der Waals surface area (Å²) in [4.78, 5) is 9.99. The smallest absolute Gasteiger partial charge is 0.120 e. The number of hydrogen-bond donors (Lipinski definition) is 0. The third-order valence-corrected chi connectivity index (χ3v) is 14.2. The molecule has 8 aromatic carbocycles. The van der Waals surface area contributed by atoms with E-state index in [9.17, 15) is 0 Å². The minimum Gasteiger partial charge on any atom is -0.501 e. The van der Waals surface area contributed by atoms with Crippen LogP contribution in [0.1, 0.15) is 19.4 Å². The molecule has 0 spiro atoms. The Morgan fingerprint density at radius 1 is 0.597 bits per heavy atom. The van der Waals surface area contributed by atoms with Crippen LogP contribution in [-0.4, -0.2) is 22.6 Å². The Kier molecular flexibility index (Phi) is 13.1. The first kappa shape index (κ1) is 45.2. The molecular formula is C61H51IrN3OSi-2. The molecular weight excluding hydrogens is 1010 g/mol. The zero-order valence-corrected chi connectivity index (χ0v) is 41.8. The van der Waals surface area contributed by atoms with Crippen molar-refractivity contribution in [3.63, 3.8) is 0 Å². The molecule has 0 aliphatic heterocycles. The summed E-state index contributed by atoms with van der Waals surface area (Å²) in [5, 5.41) is 3.63. The van der Waals surface area contributed by atoms with Gasteiger partial charge in [-0.3, -0.25) is 4.98 Å². The minimum absolute atomic E-state index is 0. The van der Waals surface area contributed by atoms with E-state index in [0.717, 1.165) is 78.9 Å². The molecule has 0 amide bonds. The van der Waals surface area contributed by atoms with Gasteiger partial charge in [-0.1, -0.05) is 183 Å². The topological polar surface area (TPSA) is 43.9 Å². The summed E-state index contributed by atoms with van der Waals surface area (Å²) < 4.78 is 8.69. The summed E-state index contributed by atoms with van der Waals surface area (Å²) in [6.45, 7) is 11.8. The molecule has 0 bridgehead atoms. The predicted octanol–water partition coefficient (Wildman–Crippen LogP) is 15.7. The van der Waals surface area contributed by atoms with Crippen molar-refractivity contribution >= 4 is 46.2 Å². The molecule has 0 aliphatic carbocycles. The zero-order valence-electron chi connectivity index (χ0n) is 38.4. The molecule has 331 valence electrons. The van der Waals surface area contributed by atoms with Gasteiger partial charge in [-0.15, -0.1) is 53.6 Å². The van der Waals surface area contributed by atoms with Crippen molar-refractivity contribution in [3.05, 3.63) is 218 Å². The van der Waals surface area contributed by atoms with E-state index in [1.54, 1.807) is 0 Å². The van der Waals surface area contributed by atoms with Crippen LogP contribution in [0, 0.1) is 18.1 Å². The second-order valence-electron chi connectivity index (χ2n) is 18.3. The third kappa shape index (κ3) is 9.39. The van der Waals surface area contributed by atoms with E-state index in [4.69, 9.17) is 14.4 Å². The van der Waals surface area contributed by atoms with Gasteiger partial charge in [0.2, 0.25) is 0 Å². The first-order valence-electron chi connectivity index (χ1n) is 22.8. The first-order chi connectivity index (χ1) is 32.2. The first-order valence-corrected chi connectivity index (χ1v) is 26.3. The van der Waals surface area contributed by atoms with Gasteiger partial charge in [0.1, 0.15) is 5.58 Å². The van der Waals surface area contributed by atoms with Gasteiger partial charge >= 0.3 is 0 Å². The molecule has 0 atom stereocenters. The number of pyridine rings is 1. The number of fused-ring (bicyclic) bond motifs is 4. The standard InChI is InChI=1S/C37H23N2O.C24H28NSi.Ir/c1-3-12-25(13-4-1)27-22-23-33(31(24-27)26-14-5-2-6-15-26)39-34-20-9-8-19-32(34)38-37(39)30-18-11-17-29-28-16-7-10-21-35(28)40-36(29)30;1-18(2)14-22-16-23(25-17-24(22)26(3,4)5)21-13-9-12-20(15-21)19-10-7-6-8-11-19;/h1-17,19-24H;6-12,15-18H,14H2,1-5H3;/q2*-1;. The second-order valence-corrected chi connectivity index (χ2v) is 23.4. The fraction of sp³-hybridized carbons (Fsp3) is 0.115. The Balaban J connectivity index is 0.000000182. The Labute approximate surface area is 408 Å². The molecule has 4 nitrogen and oxygen atoms in total. The van der Waals surface area contributed by atoms with Crippen LogP contribution in [0.3, 0.4) is 0 Å². The van der Waals surface area contributed by atoms with Crippen LogP contribution in [0.2, 0.25) is 19.6 Å². The number of rotatable bonds is 9. The monoisotopic (exact) mass is 1060 g/mol. The van der Waals surface area contributed by atoms with Crippen LogP contribution < -0.4 is 5.19 Å². The van der Waals surface area contributed by atoms with Gasteiger partial charge in [0.15, 0.2) is 0 Å². The quantitative estimate of drug-likeness (QED) is 0.107. The molecule has 6 heteroatoms. The summed E-state index contributed by atoms with van der Waals surface area (Å²) in [5.74, 6) is 1.44. The molecule has 0 N–H and O–H groups in total. The van der Waals surface area contributed by atoms with Crippen molar-refractivity contribution in [3.8, 4) is 61.7 Å². The van der Waals surface area contributed by atoms with Crippen LogP contribution >= 0.6 is 0 Å². The van der Waals surface area contributed by atoms with Gasteiger partial charge < -0.3 is 14.0 Å². The molecule has 11 rings (SSSR count). The molecule has 3 heterocycles. The van der Waals surface area contributed by atoms with E-state index in [1.807, 2.05) is 42.5 Å². The molecule has 0 unspecified atom stereocenters. The second kappa shape index (κ2) is 19.5. The number of hydrogen-bond acceptors (Lipinski definition) is 3. The van der Waals surface area contributed by atoms with Gasteiger partial charge in [-0.25, -0.2) is 0 Å². The Morgan fingerprint density at radius 2 is 1.22 bits per heavy atom. The molecule has 1 radical (unpaired) electrons. The minimum atomic E-state index is -1.40. The summed E-state index contributed by atoms with van der Waals surface area (Å²) in [6, 6.07) is 74.2. The molecule has 0 fully saturated rings. The van der Waals surface area contributed by atoms with Crippen molar-refractivity contribution in [2.75, 3.05) is 0 Å². The number of para-hydroxylation sites is 3. The van der Waals surface area contributed by atoms with E-state index in [-0.39, 0.29) is 20.1 Å². The van der Waals surface area contributed by atoms with Crippen molar-refractivity contribution in [1.29, 1.82) is 0 Å². The summed E-state index contributed by atoms with van der Waals surface area (Å²) in [5.41, 5.74) is 16.1. The Morgan fingerprint density at radius 3 is 1.93 bits per heavy atom. The fourth-order valence-electron chi connectivity index (χ4n) is 9.04. The van der Waals surface area contributed by atoms with Crippen LogP contribution in [0.5, 0.6) is 0 Å². The van der Waals surface area contributed by atoms with Crippen LogP contribution in [0.4, 0.5) is 0 Å². The van der Waals surface area contributed by atoms with E-state index < -0.39 is 8.07 Å². The Hall–Kier alpha value is -6.95. The van der Waals surface area contributed by atoms with Crippen LogP contribution in [0.15, 0.2) is 205 Å². The maximum Gasteiger partial charge on any atom is 0.120 e. The van der Waals surface area contributed by atoms with Crippen molar-refractivity contribution in [1.82, 2.24) is 14.5 Å². The van der Waals surface area contributed by atoms with Crippen LogP contribution in [0.25, 0.3) is 94.7 Å². The molecule has 67 heavy (non-hydrogen) atoms. The largest absolute Gasteiger partial charge is 0.501 e. The maximum atomic E-state index is 6.43. The average molecular weight is 1060 g/mol. The predicted molar refractivity (Wildman–Crippen MR) is 279 cm³/mol. The van der Waals surface area contributed by atoms with E-state index in [1.165, 1.54) is 33.0 Å². The van der Waals surface area contributed by atoms with Gasteiger partial charge in [0.05, 0.1) is 30.5 Å². The summed E-state index contributed by atoms with van der Waals surface area (Å²) in [7, 11) is -1.40. The van der Waals surface area contributed by atoms with Crippen molar-refractivity contribution < 1.29 is 24.5 Å².